The Labute approximate surface area is 190 Å². The Morgan fingerprint density at radius 3 is 1.97 bits per heavy atom. The van der Waals surface area contributed by atoms with Gasteiger partial charge in [-0.2, -0.15) is 21.6 Å². The lowest BCUT2D eigenvalue weighted by molar-refractivity contribution is -0.0500. The third-order valence-corrected chi connectivity index (χ3v) is 6.32. The first kappa shape index (κ1) is 22.8. The standard InChI is InChI=1S/C22H12ClF3O6S/c1-31-12-8-6-11(7-9-12)17-18-15(20(27)13-4-2-3-5-14(13)21(18)28)10-16(19(17)23)32-33(29,30)22(24,25)26/h2-10H,1H3. The third kappa shape index (κ3) is 3.75. The van der Waals surface area contributed by atoms with Gasteiger partial charge in [0.15, 0.2) is 17.3 Å². The number of alkyl halides is 3. The maximum Gasteiger partial charge on any atom is 0.534 e. The Balaban J connectivity index is 2.03. The maximum absolute atomic E-state index is 13.3. The van der Waals surface area contributed by atoms with Crippen LogP contribution in [0.4, 0.5) is 13.2 Å². The molecule has 1 aliphatic rings. The summed E-state index contributed by atoms with van der Waals surface area (Å²) in [7, 11) is -4.69. The molecule has 6 nitrogen and oxygen atoms in total. The van der Waals surface area contributed by atoms with Gasteiger partial charge in [-0.05, 0) is 23.8 Å². The predicted octanol–water partition coefficient (Wildman–Crippen LogP) is 5.02. The average Bonchev–Trinajstić information content (AvgIpc) is 2.77. The van der Waals surface area contributed by atoms with Gasteiger partial charge in [0, 0.05) is 27.8 Å². The van der Waals surface area contributed by atoms with Crippen molar-refractivity contribution in [2.24, 2.45) is 0 Å². The summed E-state index contributed by atoms with van der Waals surface area (Å²) in [5.41, 5.74) is -6.06. The Morgan fingerprint density at radius 2 is 1.42 bits per heavy atom. The number of benzene rings is 3. The first-order valence-corrected chi connectivity index (χ1v) is 10.9. The first-order valence-electron chi connectivity index (χ1n) is 9.16. The van der Waals surface area contributed by atoms with Crippen LogP contribution in [-0.2, 0) is 10.1 Å². The smallest absolute Gasteiger partial charge is 0.497 e. The Kier molecular flexibility index (Phi) is 5.45. The van der Waals surface area contributed by atoms with Gasteiger partial charge in [0.05, 0.1) is 12.1 Å². The lowest BCUT2D eigenvalue weighted by Gasteiger charge is -2.23. The monoisotopic (exact) mass is 496 g/mol. The number of hydrogen-bond acceptors (Lipinski definition) is 6. The molecule has 0 unspecified atom stereocenters. The van der Waals surface area contributed by atoms with E-state index in [0.29, 0.717) is 5.75 Å². The topological polar surface area (TPSA) is 86.7 Å². The molecule has 0 bridgehead atoms. The van der Waals surface area contributed by atoms with Crippen LogP contribution in [0.25, 0.3) is 11.1 Å². The minimum Gasteiger partial charge on any atom is -0.497 e. The number of halogens is 4. The molecule has 0 radical (unpaired) electrons. The summed E-state index contributed by atoms with van der Waals surface area (Å²) in [6, 6.07) is 12.5. The molecule has 0 saturated heterocycles. The Bertz CT molecular complexity index is 1410. The molecule has 0 spiro atoms. The largest absolute Gasteiger partial charge is 0.534 e. The second-order valence-corrected chi connectivity index (χ2v) is 8.82. The van der Waals surface area contributed by atoms with E-state index in [2.05, 4.69) is 4.18 Å². The van der Waals surface area contributed by atoms with Crippen LogP contribution in [0.2, 0.25) is 5.02 Å². The van der Waals surface area contributed by atoms with Crippen molar-refractivity contribution in [1.82, 2.24) is 0 Å². The summed E-state index contributed by atoms with van der Waals surface area (Å²) in [6.45, 7) is 0. The van der Waals surface area contributed by atoms with E-state index in [0.717, 1.165) is 6.07 Å². The number of carbonyl (C=O) groups is 2. The van der Waals surface area contributed by atoms with Crippen molar-refractivity contribution < 1.29 is 40.1 Å². The number of hydrogen-bond donors (Lipinski definition) is 0. The van der Waals surface area contributed by atoms with Gasteiger partial charge in [-0.25, -0.2) is 0 Å². The highest BCUT2D eigenvalue weighted by atomic mass is 35.5. The molecule has 170 valence electrons. The second-order valence-electron chi connectivity index (χ2n) is 6.90. The lowest BCUT2D eigenvalue weighted by atomic mass is 9.80. The predicted molar refractivity (Wildman–Crippen MR) is 112 cm³/mol. The van der Waals surface area contributed by atoms with Crippen LogP contribution >= 0.6 is 11.6 Å². The fraction of sp³-hybridized carbons (Fsp3) is 0.0909. The van der Waals surface area contributed by atoms with E-state index in [-0.39, 0.29) is 33.4 Å². The van der Waals surface area contributed by atoms with Gasteiger partial charge >= 0.3 is 15.6 Å². The van der Waals surface area contributed by atoms with Gasteiger partial charge in [-0.1, -0.05) is 48.0 Å². The summed E-state index contributed by atoms with van der Waals surface area (Å²) in [5.74, 6) is -1.79. The molecule has 0 heterocycles. The molecule has 1 aliphatic carbocycles. The Hall–Kier alpha value is -3.37. The van der Waals surface area contributed by atoms with Gasteiger partial charge in [-0.3, -0.25) is 9.59 Å². The van der Waals surface area contributed by atoms with Crippen molar-refractivity contribution in [3.8, 4) is 22.6 Å². The van der Waals surface area contributed by atoms with Crippen molar-refractivity contribution in [2.45, 2.75) is 5.51 Å². The number of ketones is 2. The van der Waals surface area contributed by atoms with Gasteiger partial charge < -0.3 is 8.92 Å². The molecule has 0 atom stereocenters. The molecular weight excluding hydrogens is 485 g/mol. The van der Waals surface area contributed by atoms with E-state index < -0.39 is 38.0 Å². The summed E-state index contributed by atoms with van der Waals surface area (Å²) in [5, 5.41) is -0.577. The second kappa shape index (κ2) is 7.89. The zero-order chi connectivity index (χ0) is 24.1. The van der Waals surface area contributed by atoms with Crippen LogP contribution < -0.4 is 8.92 Å². The Morgan fingerprint density at radius 1 is 0.848 bits per heavy atom. The molecular formula is C22H12ClF3O6S. The molecule has 0 aromatic heterocycles. The molecule has 0 fully saturated rings. The highest BCUT2D eigenvalue weighted by molar-refractivity contribution is 7.88. The molecule has 0 N–H and O–H groups in total. The summed E-state index contributed by atoms with van der Waals surface area (Å²) >= 11 is 6.30. The molecule has 3 aromatic carbocycles. The van der Waals surface area contributed by atoms with Gasteiger partial charge in [0.1, 0.15) is 5.75 Å². The molecule has 0 aliphatic heterocycles. The summed E-state index contributed by atoms with van der Waals surface area (Å²) < 4.78 is 71.5. The van der Waals surface area contributed by atoms with Crippen molar-refractivity contribution >= 4 is 33.3 Å². The number of carbonyl (C=O) groups excluding carboxylic acids is 2. The van der Waals surface area contributed by atoms with E-state index in [4.69, 9.17) is 16.3 Å². The third-order valence-electron chi connectivity index (χ3n) is 4.98. The van der Waals surface area contributed by atoms with Crippen molar-refractivity contribution in [1.29, 1.82) is 0 Å². The lowest BCUT2D eigenvalue weighted by Crippen LogP contribution is -2.29. The quantitative estimate of drug-likeness (QED) is 0.291. The highest BCUT2D eigenvalue weighted by Gasteiger charge is 2.49. The van der Waals surface area contributed by atoms with Crippen LogP contribution in [0, 0.1) is 0 Å². The fourth-order valence-corrected chi connectivity index (χ4v) is 4.27. The van der Waals surface area contributed by atoms with E-state index in [9.17, 15) is 31.2 Å². The molecule has 0 amide bonds. The van der Waals surface area contributed by atoms with Gasteiger partial charge in [-0.15, -0.1) is 0 Å². The number of rotatable bonds is 4. The van der Waals surface area contributed by atoms with Crippen molar-refractivity contribution in [2.75, 3.05) is 7.11 Å². The zero-order valence-electron chi connectivity index (χ0n) is 16.6. The zero-order valence-corrected chi connectivity index (χ0v) is 18.1. The molecule has 4 rings (SSSR count). The van der Waals surface area contributed by atoms with E-state index >= 15 is 0 Å². The summed E-state index contributed by atoms with van der Waals surface area (Å²) in [6.07, 6.45) is 0. The minimum absolute atomic E-state index is 0.0163. The van der Waals surface area contributed by atoms with Crippen LogP contribution in [-0.4, -0.2) is 32.6 Å². The summed E-state index contributed by atoms with van der Waals surface area (Å²) in [4.78, 5) is 26.4. The van der Waals surface area contributed by atoms with Crippen molar-refractivity contribution in [3.63, 3.8) is 0 Å². The van der Waals surface area contributed by atoms with E-state index in [1.54, 1.807) is 6.07 Å². The molecule has 33 heavy (non-hydrogen) atoms. The van der Waals surface area contributed by atoms with Crippen LogP contribution in [0.5, 0.6) is 11.5 Å². The van der Waals surface area contributed by atoms with Crippen molar-refractivity contribution in [3.05, 3.63) is 81.9 Å². The van der Waals surface area contributed by atoms with Crippen LogP contribution in [0.1, 0.15) is 31.8 Å². The number of fused-ring (bicyclic) bond motifs is 2. The number of methoxy groups -OCH3 is 1. The first-order chi connectivity index (χ1) is 15.5. The van der Waals surface area contributed by atoms with E-state index in [1.165, 1.54) is 49.6 Å². The molecule has 3 aromatic rings. The van der Waals surface area contributed by atoms with Gasteiger partial charge in [0.2, 0.25) is 0 Å². The SMILES string of the molecule is COc1ccc(-c2c(Cl)c(OS(=O)(=O)C(F)(F)F)cc3c2C(=O)c2ccccc2C3=O)cc1. The van der Waals surface area contributed by atoms with E-state index in [1.807, 2.05) is 0 Å². The van der Waals surface area contributed by atoms with Gasteiger partial charge in [0.25, 0.3) is 0 Å². The average molecular weight is 497 g/mol. The highest BCUT2D eigenvalue weighted by Crippen LogP contribution is 2.45. The molecule has 11 heteroatoms. The minimum atomic E-state index is -6.10. The van der Waals surface area contributed by atoms with Crippen LogP contribution in [0.15, 0.2) is 54.6 Å². The number of ether oxygens (including phenoxy) is 1. The maximum atomic E-state index is 13.3. The fourth-order valence-electron chi connectivity index (χ4n) is 3.46. The molecule has 0 saturated carbocycles. The van der Waals surface area contributed by atoms with Crippen LogP contribution in [0.3, 0.4) is 0 Å². The normalized spacial score (nSPS) is 13.4.